The summed E-state index contributed by atoms with van der Waals surface area (Å²) < 4.78 is 0. The molecule has 3 saturated carbocycles. The highest BCUT2D eigenvalue weighted by atomic mass is 35.5. The van der Waals surface area contributed by atoms with Crippen molar-refractivity contribution in [2.24, 2.45) is 33.7 Å². The molecule has 1 aromatic carbocycles. The molecule has 0 aliphatic heterocycles. The summed E-state index contributed by atoms with van der Waals surface area (Å²) in [6.45, 7) is 4.74. The summed E-state index contributed by atoms with van der Waals surface area (Å²) in [4.78, 5) is 12.6. The summed E-state index contributed by atoms with van der Waals surface area (Å²) in [5, 5.41) is 5.70. The van der Waals surface area contributed by atoms with E-state index >= 15 is 0 Å². The van der Waals surface area contributed by atoms with E-state index in [1.165, 1.54) is 12.8 Å². The van der Waals surface area contributed by atoms with Gasteiger partial charge in [0, 0.05) is 11.8 Å². The largest absolute Gasteiger partial charge is 0.299 e. The molecule has 0 heterocycles. The third-order valence-corrected chi connectivity index (χ3v) is 9.78. The summed E-state index contributed by atoms with van der Waals surface area (Å²) in [6.07, 6.45) is 11.0. The fraction of sp³-hybridized carbons (Fsp3) is 0.600. The normalized spacial score (nSPS) is 39.2. The Kier molecular flexibility index (Phi) is 5.06. The number of ketones is 1. The molecule has 4 aliphatic carbocycles. The van der Waals surface area contributed by atoms with Crippen LogP contribution in [0, 0.1) is 28.6 Å². The summed E-state index contributed by atoms with van der Waals surface area (Å²) in [7, 11) is 0. The van der Waals surface area contributed by atoms with E-state index in [2.05, 4.69) is 30.5 Å². The standard InChI is InChI=1S/C25H30Cl2N2O/c1-24-12-10-16(28-29-21-5-3-4-20(26)23(21)27)14-15(24)6-7-17-18-8-9-22(30)25(18,2)13-11-19(17)24/h3-5,14,17-19,29H,6-13H2,1-2H3/b28-16+/t17-,18-,19-,24-,25-/m1/s1. The third kappa shape index (κ3) is 3.07. The van der Waals surface area contributed by atoms with Crippen molar-refractivity contribution < 1.29 is 4.79 Å². The Hall–Kier alpha value is -1.32. The molecule has 3 fully saturated rings. The van der Waals surface area contributed by atoms with Crippen molar-refractivity contribution in [1.82, 2.24) is 0 Å². The summed E-state index contributed by atoms with van der Waals surface area (Å²) in [6, 6.07) is 5.55. The number of halogens is 2. The first kappa shape index (κ1) is 20.6. The molecule has 1 aromatic rings. The van der Waals surface area contributed by atoms with Crippen molar-refractivity contribution in [2.45, 2.75) is 65.2 Å². The number of nitrogens with one attached hydrogen (secondary N) is 1. The van der Waals surface area contributed by atoms with Crippen molar-refractivity contribution in [3.05, 3.63) is 39.9 Å². The summed E-state index contributed by atoms with van der Waals surface area (Å²) in [5.41, 5.74) is 6.72. The van der Waals surface area contributed by atoms with Crippen molar-refractivity contribution in [1.29, 1.82) is 0 Å². The molecule has 0 unspecified atom stereocenters. The maximum absolute atomic E-state index is 12.6. The Labute approximate surface area is 189 Å². The van der Waals surface area contributed by atoms with Crippen LogP contribution in [0.15, 0.2) is 34.9 Å². The van der Waals surface area contributed by atoms with E-state index < -0.39 is 0 Å². The molecule has 1 N–H and O–H groups in total. The number of anilines is 1. The van der Waals surface area contributed by atoms with Crippen molar-refractivity contribution in [3.8, 4) is 0 Å². The SMILES string of the molecule is C[C@@]12CC[C@@H]3[C@H](CCC4=C/C(=N/Nc5cccc(Cl)c5Cl)CC[C@]43C)[C@H]1CCC2=O. The second-order valence-corrected chi connectivity index (χ2v) is 11.0. The average molecular weight is 445 g/mol. The minimum atomic E-state index is -0.0415. The number of carbonyl (C=O) groups excluding carboxylic acids is 1. The van der Waals surface area contributed by atoms with Crippen LogP contribution in [0.5, 0.6) is 0 Å². The first-order valence-corrected chi connectivity index (χ1v) is 12.1. The van der Waals surface area contributed by atoms with Crippen LogP contribution in [-0.2, 0) is 4.79 Å². The maximum Gasteiger partial charge on any atom is 0.139 e. The van der Waals surface area contributed by atoms with Crippen molar-refractivity contribution in [2.75, 3.05) is 5.43 Å². The number of hydrazone groups is 1. The summed E-state index contributed by atoms with van der Waals surface area (Å²) >= 11 is 12.4. The van der Waals surface area contributed by atoms with Gasteiger partial charge >= 0.3 is 0 Å². The number of Topliss-reactive ketones (excluding diaryl/α,β-unsaturated/α-hetero) is 1. The number of rotatable bonds is 2. The number of nitrogens with zero attached hydrogens (tertiary/aromatic N) is 1. The number of carbonyl (C=O) groups is 1. The van der Waals surface area contributed by atoms with Crippen LogP contribution in [-0.4, -0.2) is 11.5 Å². The van der Waals surface area contributed by atoms with Crippen LogP contribution in [0.3, 0.4) is 0 Å². The van der Waals surface area contributed by atoms with Gasteiger partial charge in [-0.2, -0.15) is 5.10 Å². The molecule has 0 saturated heterocycles. The lowest BCUT2D eigenvalue weighted by atomic mass is 9.47. The van der Waals surface area contributed by atoms with Crippen LogP contribution >= 0.6 is 23.2 Å². The molecular weight excluding hydrogens is 415 g/mol. The minimum absolute atomic E-state index is 0.0415. The van der Waals surface area contributed by atoms with Crippen LogP contribution in [0.25, 0.3) is 0 Å². The lowest BCUT2D eigenvalue weighted by Crippen LogP contribution is -2.50. The predicted molar refractivity (Wildman–Crippen MR) is 124 cm³/mol. The second kappa shape index (κ2) is 7.38. The van der Waals surface area contributed by atoms with E-state index in [1.807, 2.05) is 12.1 Å². The molecule has 0 spiro atoms. The monoisotopic (exact) mass is 444 g/mol. The molecular formula is C25H30Cl2N2O. The van der Waals surface area contributed by atoms with Gasteiger partial charge in [-0.1, -0.05) is 48.7 Å². The van der Waals surface area contributed by atoms with Gasteiger partial charge in [0.25, 0.3) is 0 Å². The smallest absolute Gasteiger partial charge is 0.139 e. The van der Waals surface area contributed by atoms with E-state index in [1.54, 1.807) is 11.6 Å². The molecule has 5 atom stereocenters. The molecule has 0 aromatic heterocycles. The molecule has 160 valence electrons. The highest BCUT2D eigenvalue weighted by Crippen LogP contribution is 2.64. The molecule has 5 rings (SSSR count). The lowest BCUT2D eigenvalue weighted by Gasteiger charge is -2.57. The van der Waals surface area contributed by atoms with Crippen LogP contribution in [0.1, 0.15) is 65.2 Å². The Balaban J connectivity index is 1.38. The highest BCUT2D eigenvalue weighted by molar-refractivity contribution is 6.43. The fourth-order valence-corrected chi connectivity index (χ4v) is 7.50. The fourth-order valence-electron chi connectivity index (χ4n) is 7.15. The Bertz CT molecular complexity index is 954. The Morgan fingerprint density at radius 1 is 1.00 bits per heavy atom. The average Bonchev–Trinajstić information content (AvgIpc) is 3.04. The van der Waals surface area contributed by atoms with Gasteiger partial charge in [-0.25, -0.2) is 0 Å². The lowest BCUT2D eigenvalue weighted by molar-refractivity contribution is -0.132. The quantitative estimate of drug-likeness (QED) is 0.486. The van der Waals surface area contributed by atoms with Crippen molar-refractivity contribution in [3.63, 3.8) is 0 Å². The van der Waals surface area contributed by atoms with E-state index in [4.69, 9.17) is 23.2 Å². The molecule has 0 bridgehead atoms. The zero-order chi connectivity index (χ0) is 21.1. The van der Waals surface area contributed by atoms with E-state index in [0.717, 1.165) is 49.9 Å². The Morgan fingerprint density at radius 2 is 1.80 bits per heavy atom. The highest BCUT2D eigenvalue weighted by Gasteiger charge is 2.58. The molecule has 5 heteroatoms. The zero-order valence-corrected chi connectivity index (χ0v) is 19.3. The van der Waals surface area contributed by atoms with Crippen molar-refractivity contribution >= 4 is 40.4 Å². The molecule has 30 heavy (non-hydrogen) atoms. The first-order chi connectivity index (χ1) is 14.3. The Morgan fingerprint density at radius 3 is 2.63 bits per heavy atom. The van der Waals surface area contributed by atoms with Crippen LogP contribution < -0.4 is 5.43 Å². The van der Waals surface area contributed by atoms with Gasteiger partial charge in [-0.15, -0.1) is 0 Å². The van der Waals surface area contributed by atoms with Gasteiger partial charge in [0.1, 0.15) is 5.78 Å². The topological polar surface area (TPSA) is 41.5 Å². The maximum atomic E-state index is 12.6. The first-order valence-electron chi connectivity index (χ1n) is 11.3. The third-order valence-electron chi connectivity index (χ3n) is 8.96. The molecule has 3 nitrogen and oxygen atoms in total. The van der Waals surface area contributed by atoms with Gasteiger partial charge in [0.2, 0.25) is 0 Å². The van der Waals surface area contributed by atoms with Crippen LogP contribution in [0.4, 0.5) is 5.69 Å². The number of hydrogen-bond acceptors (Lipinski definition) is 3. The molecule has 0 radical (unpaired) electrons. The number of allylic oxidation sites excluding steroid dienone is 2. The second-order valence-electron chi connectivity index (χ2n) is 10.2. The van der Waals surface area contributed by atoms with Gasteiger partial charge in [0.05, 0.1) is 21.4 Å². The van der Waals surface area contributed by atoms with E-state index in [9.17, 15) is 4.79 Å². The molecule has 0 amide bonds. The van der Waals surface area contributed by atoms with Gasteiger partial charge < -0.3 is 0 Å². The van der Waals surface area contributed by atoms with Gasteiger partial charge in [-0.3, -0.25) is 10.2 Å². The number of hydrogen-bond donors (Lipinski definition) is 1. The number of fused-ring (bicyclic) bond motifs is 5. The molecule has 4 aliphatic rings. The zero-order valence-electron chi connectivity index (χ0n) is 17.8. The van der Waals surface area contributed by atoms with Gasteiger partial charge in [0.15, 0.2) is 0 Å². The van der Waals surface area contributed by atoms with Crippen LogP contribution in [0.2, 0.25) is 10.0 Å². The van der Waals surface area contributed by atoms with E-state index in [-0.39, 0.29) is 10.8 Å². The number of benzene rings is 1. The minimum Gasteiger partial charge on any atom is -0.299 e. The van der Waals surface area contributed by atoms with Gasteiger partial charge in [-0.05, 0) is 86.3 Å². The predicted octanol–water partition coefficient (Wildman–Crippen LogP) is 7.29. The van der Waals surface area contributed by atoms with E-state index in [0.29, 0.717) is 33.6 Å². The summed E-state index contributed by atoms with van der Waals surface area (Å²) in [5.74, 6) is 2.54.